The molecule has 9 heteroatoms. The Balaban J connectivity index is 1.63. The molecule has 1 aliphatic heterocycles. The second kappa shape index (κ2) is 6.82. The van der Waals surface area contributed by atoms with E-state index in [9.17, 15) is 4.79 Å². The molecule has 4 rings (SSSR count). The minimum atomic E-state index is -0.237. The van der Waals surface area contributed by atoms with Gasteiger partial charge in [0, 0.05) is 13.6 Å². The van der Waals surface area contributed by atoms with Crippen LogP contribution < -0.4 is 4.74 Å². The number of carbonyl (C=O) groups is 1. The summed E-state index contributed by atoms with van der Waals surface area (Å²) >= 11 is 0. The van der Waals surface area contributed by atoms with Gasteiger partial charge >= 0.3 is 6.01 Å². The van der Waals surface area contributed by atoms with Crippen molar-refractivity contribution in [2.75, 3.05) is 13.7 Å². The number of amides is 1. The van der Waals surface area contributed by atoms with Crippen molar-refractivity contribution in [2.45, 2.75) is 25.9 Å². The quantitative estimate of drug-likeness (QED) is 0.687. The van der Waals surface area contributed by atoms with Crippen LogP contribution in [-0.4, -0.2) is 54.0 Å². The van der Waals surface area contributed by atoms with E-state index in [-0.39, 0.29) is 17.8 Å². The lowest BCUT2D eigenvalue weighted by atomic mass is 10.0. The molecule has 3 heterocycles. The van der Waals surface area contributed by atoms with E-state index >= 15 is 0 Å². The Bertz CT molecular complexity index is 964. The van der Waals surface area contributed by atoms with Crippen molar-refractivity contribution in [2.24, 2.45) is 7.05 Å². The highest BCUT2D eigenvalue weighted by Crippen LogP contribution is 2.26. The van der Waals surface area contributed by atoms with Crippen molar-refractivity contribution in [1.29, 1.82) is 0 Å². The summed E-state index contributed by atoms with van der Waals surface area (Å²) in [5.41, 5.74) is 1.20. The molecule has 0 N–H and O–H groups in total. The number of hydrogen-bond donors (Lipinski definition) is 0. The van der Waals surface area contributed by atoms with Gasteiger partial charge in [-0.2, -0.15) is 4.98 Å². The predicted octanol–water partition coefficient (Wildman–Crippen LogP) is 1.16. The molecule has 3 aromatic rings. The van der Waals surface area contributed by atoms with Crippen molar-refractivity contribution in [3.8, 4) is 6.01 Å². The van der Waals surface area contributed by atoms with Crippen LogP contribution in [0.2, 0.25) is 0 Å². The van der Waals surface area contributed by atoms with Gasteiger partial charge in [-0.3, -0.25) is 4.79 Å². The van der Waals surface area contributed by atoms with Gasteiger partial charge in [-0.15, -0.1) is 15.3 Å². The standard InChI is InChI=1S/C18H21N7O2/c1-12-20-21-15-11-24(17(26)16-19-18(27-3)23(2)22-16)10-14(25(12)15)9-13-7-5-4-6-8-13/h4-8,14H,9-11H2,1-3H3/t14-/m1/s1. The maximum Gasteiger partial charge on any atom is 0.314 e. The van der Waals surface area contributed by atoms with Crippen LogP contribution in [0.4, 0.5) is 0 Å². The van der Waals surface area contributed by atoms with Gasteiger partial charge in [-0.05, 0) is 18.9 Å². The van der Waals surface area contributed by atoms with E-state index in [1.54, 1.807) is 11.9 Å². The van der Waals surface area contributed by atoms with Crippen molar-refractivity contribution >= 4 is 5.91 Å². The first kappa shape index (κ1) is 17.2. The Hall–Kier alpha value is -3.23. The fraction of sp³-hybridized carbons (Fsp3) is 0.389. The van der Waals surface area contributed by atoms with E-state index < -0.39 is 0 Å². The number of methoxy groups -OCH3 is 1. The number of benzene rings is 1. The number of nitrogens with zero attached hydrogens (tertiary/aromatic N) is 7. The maximum atomic E-state index is 13.0. The molecule has 0 saturated carbocycles. The third kappa shape index (κ3) is 3.16. The average Bonchev–Trinajstić information content (AvgIpc) is 3.24. The predicted molar refractivity (Wildman–Crippen MR) is 96.2 cm³/mol. The van der Waals surface area contributed by atoms with Gasteiger partial charge in [-0.1, -0.05) is 30.3 Å². The molecule has 2 aromatic heterocycles. The van der Waals surface area contributed by atoms with Crippen LogP contribution in [0.1, 0.15) is 33.9 Å². The van der Waals surface area contributed by atoms with Crippen LogP contribution in [-0.2, 0) is 20.0 Å². The second-order valence-corrected chi connectivity index (χ2v) is 6.61. The van der Waals surface area contributed by atoms with Gasteiger partial charge in [0.05, 0.1) is 19.7 Å². The summed E-state index contributed by atoms with van der Waals surface area (Å²) in [6.07, 6.45) is 0.787. The summed E-state index contributed by atoms with van der Waals surface area (Å²) in [5, 5.41) is 12.6. The van der Waals surface area contributed by atoms with Crippen LogP contribution in [0.5, 0.6) is 6.01 Å². The molecular formula is C18H21N7O2. The van der Waals surface area contributed by atoms with Gasteiger partial charge in [0.15, 0.2) is 5.82 Å². The lowest BCUT2D eigenvalue weighted by Gasteiger charge is -2.33. The van der Waals surface area contributed by atoms with Gasteiger partial charge in [0.25, 0.3) is 5.91 Å². The Morgan fingerprint density at radius 1 is 1.26 bits per heavy atom. The molecule has 9 nitrogen and oxygen atoms in total. The summed E-state index contributed by atoms with van der Waals surface area (Å²) in [6.45, 7) is 2.86. The molecule has 0 saturated heterocycles. The van der Waals surface area contributed by atoms with Gasteiger partial charge in [0.2, 0.25) is 5.82 Å². The Morgan fingerprint density at radius 2 is 2.04 bits per heavy atom. The molecule has 27 heavy (non-hydrogen) atoms. The van der Waals surface area contributed by atoms with Crippen LogP contribution in [0.15, 0.2) is 30.3 Å². The van der Waals surface area contributed by atoms with E-state index in [4.69, 9.17) is 4.74 Å². The SMILES string of the molecule is COc1nc(C(=O)N2Cc3nnc(C)n3[C@H](Cc3ccccc3)C2)nn1C. The fourth-order valence-corrected chi connectivity index (χ4v) is 3.54. The zero-order valence-electron chi connectivity index (χ0n) is 15.5. The highest BCUT2D eigenvalue weighted by molar-refractivity contribution is 5.90. The molecule has 1 amide bonds. The van der Waals surface area contributed by atoms with E-state index in [0.717, 1.165) is 18.1 Å². The molecule has 0 spiro atoms. The number of rotatable bonds is 4. The lowest BCUT2D eigenvalue weighted by molar-refractivity contribution is 0.0659. The summed E-state index contributed by atoms with van der Waals surface area (Å²) in [7, 11) is 3.19. The number of aryl methyl sites for hydroxylation is 2. The minimum absolute atomic E-state index is 0.0562. The highest BCUT2D eigenvalue weighted by Gasteiger charge is 2.33. The number of ether oxygens (including phenoxy) is 1. The number of hydrogen-bond acceptors (Lipinski definition) is 6. The second-order valence-electron chi connectivity index (χ2n) is 6.61. The van der Waals surface area contributed by atoms with Crippen LogP contribution in [0.3, 0.4) is 0 Å². The molecule has 1 aromatic carbocycles. The Kier molecular flexibility index (Phi) is 4.35. The Morgan fingerprint density at radius 3 is 2.74 bits per heavy atom. The topological polar surface area (TPSA) is 91.0 Å². The van der Waals surface area contributed by atoms with Crippen molar-refractivity contribution in [3.63, 3.8) is 0 Å². The van der Waals surface area contributed by atoms with Crippen LogP contribution >= 0.6 is 0 Å². The molecular weight excluding hydrogens is 346 g/mol. The zero-order chi connectivity index (χ0) is 19.0. The molecule has 0 bridgehead atoms. The molecule has 140 valence electrons. The van der Waals surface area contributed by atoms with E-state index in [1.807, 2.05) is 25.1 Å². The minimum Gasteiger partial charge on any atom is -0.467 e. The van der Waals surface area contributed by atoms with E-state index in [1.165, 1.54) is 17.4 Å². The number of aromatic nitrogens is 6. The van der Waals surface area contributed by atoms with E-state index in [0.29, 0.717) is 19.1 Å². The van der Waals surface area contributed by atoms with Crippen LogP contribution in [0, 0.1) is 6.92 Å². The maximum absolute atomic E-state index is 13.0. The molecule has 0 radical (unpaired) electrons. The smallest absolute Gasteiger partial charge is 0.314 e. The third-order valence-electron chi connectivity index (χ3n) is 4.76. The van der Waals surface area contributed by atoms with Gasteiger partial charge in [-0.25, -0.2) is 4.68 Å². The molecule has 0 aliphatic carbocycles. The first-order valence-electron chi connectivity index (χ1n) is 8.75. The third-order valence-corrected chi connectivity index (χ3v) is 4.76. The van der Waals surface area contributed by atoms with Crippen molar-refractivity contribution in [3.05, 3.63) is 53.4 Å². The summed E-state index contributed by atoms with van der Waals surface area (Å²) in [5.74, 6) is 1.52. The first-order valence-corrected chi connectivity index (χ1v) is 8.75. The van der Waals surface area contributed by atoms with Crippen LogP contribution in [0.25, 0.3) is 0 Å². The van der Waals surface area contributed by atoms with E-state index in [2.05, 4.69) is 37.0 Å². The molecule has 1 aliphatic rings. The average molecular weight is 367 g/mol. The summed E-state index contributed by atoms with van der Waals surface area (Å²) in [4.78, 5) is 18.9. The fourth-order valence-electron chi connectivity index (χ4n) is 3.54. The summed E-state index contributed by atoms with van der Waals surface area (Å²) < 4.78 is 8.69. The van der Waals surface area contributed by atoms with Gasteiger partial charge < -0.3 is 14.2 Å². The van der Waals surface area contributed by atoms with Crippen molar-refractivity contribution < 1.29 is 9.53 Å². The van der Waals surface area contributed by atoms with Gasteiger partial charge in [0.1, 0.15) is 5.82 Å². The number of fused-ring (bicyclic) bond motifs is 1. The first-order chi connectivity index (χ1) is 13.1. The molecule has 0 fully saturated rings. The number of carbonyl (C=O) groups excluding carboxylic acids is 1. The van der Waals surface area contributed by atoms with Crippen molar-refractivity contribution in [1.82, 2.24) is 34.4 Å². The molecule has 0 unspecified atom stereocenters. The molecule has 1 atom stereocenters. The monoisotopic (exact) mass is 367 g/mol. The highest BCUT2D eigenvalue weighted by atomic mass is 16.5. The normalized spacial score (nSPS) is 16.3. The lowest BCUT2D eigenvalue weighted by Crippen LogP contribution is -2.42. The largest absolute Gasteiger partial charge is 0.467 e. The summed E-state index contributed by atoms with van der Waals surface area (Å²) in [6, 6.07) is 10.6. The zero-order valence-corrected chi connectivity index (χ0v) is 15.5. The Labute approximate surface area is 156 Å².